The van der Waals surface area contributed by atoms with Crippen molar-refractivity contribution in [3.05, 3.63) is 59.6 Å². The van der Waals surface area contributed by atoms with Gasteiger partial charge in [-0.05, 0) is 47.9 Å². The fraction of sp³-hybridized carbons (Fsp3) is 0.167. The van der Waals surface area contributed by atoms with E-state index in [2.05, 4.69) is 28.4 Å². The van der Waals surface area contributed by atoms with Crippen LogP contribution in [0.5, 0.6) is 0 Å². The van der Waals surface area contributed by atoms with E-state index < -0.39 is 0 Å². The Balaban J connectivity index is 1.85. The molecular weight excluding hydrogens is 323 g/mol. The van der Waals surface area contributed by atoms with E-state index >= 15 is 0 Å². The normalized spacial score (nSPS) is 11.5. The molecule has 0 saturated carbocycles. The maximum Gasteiger partial charge on any atom is 0.160 e. The van der Waals surface area contributed by atoms with E-state index in [1.165, 1.54) is 23.7 Å². The molecule has 0 saturated heterocycles. The third-order valence-electron chi connectivity index (χ3n) is 3.94. The van der Waals surface area contributed by atoms with Gasteiger partial charge in [-0.2, -0.15) is 4.37 Å². The van der Waals surface area contributed by atoms with Gasteiger partial charge in [0.15, 0.2) is 5.65 Å². The molecule has 120 valence electrons. The average Bonchev–Trinajstić information content (AvgIpc) is 3.21. The van der Waals surface area contributed by atoms with Crippen molar-refractivity contribution in [2.75, 3.05) is 0 Å². The molecule has 1 aromatic carbocycles. The standard InChI is InChI=1S/C18H15FN4S/c1-11(2)18-21-20-16-8-5-13(9-23(16)18)15-10-24-22-17(15)12-3-6-14(19)7-4-12/h3-11H,1-2H3. The van der Waals surface area contributed by atoms with Gasteiger partial charge >= 0.3 is 0 Å². The molecule has 0 N–H and O–H groups in total. The van der Waals surface area contributed by atoms with Crippen LogP contribution in [0.2, 0.25) is 0 Å². The van der Waals surface area contributed by atoms with Gasteiger partial charge in [-0.3, -0.25) is 4.40 Å². The van der Waals surface area contributed by atoms with Gasteiger partial charge in [0, 0.05) is 34.2 Å². The van der Waals surface area contributed by atoms with E-state index in [4.69, 9.17) is 0 Å². The van der Waals surface area contributed by atoms with Crippen LogP contribution < -0.4 is 0 Å². The summed E-state index contributed by atoms with van der Waals surface area (Å²) in [7, 11) is 0. The molecule has 0 aliphatic heterocycles. The Bertz CT molecular complexity index is 1000. The number of rotatable bonds is 3. The molecule has 4 aromatic rings. The number of halogens is 1. The SMILES string of the molecule is CC(C)c1nnc2ccc(-c3csnc3-c3ccc(F)cc3)cn12. The van der Waals surface area contributed by atoms with Crippen molar-refractivity contribution in [1.82, 2.24) is 19.0 Å². The lowest BCUT2D eigenvalue weighted by atomic mass is 10.0. The highest BCUT2D eigenvalue weighted by Crippen LogP contribution is 2.33. The maximum atomic E-state index is 13.2. The molecule has 0 atom stereocenters. The van der Waals surface area contributed by atoms with Gasteiger partial charge in [0.25, 0.3) is 0 Å². The first-order valence-electron chi connectivity index (χ1n) is 7.69. The van der Waals surface area contributed by atoms with Crippen LogP contribution in [-0.2, 0) is 0 Å². The van der Waals surface area contributed by atoms with Crippen molar-refractivity contribution in [2.24, 2.45) is 0 Å². The minimum Gasteiger partial charge on any atom is -0.286 e. The van der Waals surface area contributed by atoms with Crippen LogP contribution in [0, 0.1) is 5.82 Å². The number of aromatic nitrogens is 4. The Kier molecular flexibility index (Phi) is 3.61. The third-order valence-corrected chi connectivity index (χ3v) is 4.57. The van der Waals surface area contributed by atoms with E-state index in [-0.39, 0.29) is 11.7 Å². The molecule has 4 rings (SSSR count). The Labute approximate surface area is 142 Å². The van der Waals surface area contributed by atoms with E-state index in [1.54, 1.807) is 12.1 Å². The molecule has 0 radical (unpaired) electrons. The summed E-state index contributed by atoms with van der Waals surface area (Å²) < 4.78 is 19.7. The summed E-state index contributed by atoms with van der Waals surface area (Å²) in [5, 5.41) is 10.5. The van der Waals surface area contributed by atoms with Crippen LogP contribution in [0.15, 0.2) is 48.0 Å². The summed E-state index contributed by atoms with van der Waals surface area (Å²) in [6.45, 7) is 4.19. The zero-order valence-electron chi connectivity index (χ0n) is 13.3. The quantitative estimate of drug-likeness (QED) is 0.540. The molecule has 0 amide bonds. The number of hydrogen-bond acceptors (Lipinski definition) is 4. The molecule has 0 aliphatic carbocycles. The van der Waals surface area contributed by atoms with Crippen molar-refractivity contribution in [3.63, 3.8) is 0 Å². The van der Waals surface area contributed by atoms with Crippen molar-refractivity contribution in [2.45, 2.75) is 19.8 Å². The fourth-order valence-corrected chi connectivity index (χ4v) is 3.43. The van der Waals surface area contributed by atoms with E-state index in [1.807, 2.05) is 28.1 Å². The summed E-state index contributed by atoms with van der Waals surface area (Å²) in [6, 6.07) is 10.4. The largest absolute Gasteiger partial charge is 0.286 e. The highest BCUT2D eigenvalue weighted by atomic mass is 32.1. The number of hydrogen-bond donors (Lipinski definition) is 0. The van der Waals surface area contributed by atoms with Gasteiger partial charge in [0.2, 0.25) is 0 Å². The van der Waals surface area contributed by atoms with Crippen molar-refractivity contribution < 1.29 is 4.39 Å². The Hall–Kier alpha value is -2.60. The predicted octanol–water partition coefficient (Wildman–Crippen LogP) is 4.78. The molecule has 4 nitrogen and oxygen atoms in total. The predicted molar refractivity (Wildman–Crippen MR) is 93.6 cm³/mol. The van der Waals surface area contributed by atoms with Crippen LogP contribution in [0.25, 0.3) is 28.0 Å². The van der Waals surface area contributed by atoms with Gasteiger partial charge < -0.3 is 0 Å². The van der Waals surface area contributed by atoms with E-state index in [0.717, 1.165) is 33.9 Å². The minimum atomic E-state index is -0.247. The number of pyridine rings is 1. The lowest BCUT2D eigenvalue weighted by Gasteiger charge is -2.07. The Morgan fingerprint density at radius 3 is 2.50 bits per heavy atom. The highest BCUT2D eigenvalue weighted by molar-refractivity contribution is 7.04. The fourth-order valence-electron chi connectivity index (χ4n) is 2.72. The van der Waals surface area contributed by atoms with Crippen molar-refractivity contribution in [1.29, 1.82) is 0 Å². The second kappa shape index (κ2) is 5.79. The number of nitrogens with zero attached hydrogens (tertiary/aromatic N) is 4. The van der Waals surface area contributed by atoms with Gasteiger partial charge in [-0.1, -0.05) is 13.8 Å². The van der Waals surface area contributed by atoms with Gasteiger partial charge in [0.05, 0.1) is 5.69 Å². The summed E-state index contributed by atoms with van der Waals surface area (Å²) in [6.07, 6.45) is 2.04. The lowest BCUT2D eigenvalue weighted by Crippen LogP contribution is -1.97. The first-order chi connectivity index (χ1) is 11.6. The topological polar surface area (TPSA) is 43.1 Å². The van der Waals surface area contributed by atoms with Crippen molar-refractivity contribution in [3.8, 4) is 22.4 Å². The zero-order chi connectivity index (χ0) is 16.7. The molecular formula is C18H15FN4S. The molecule has 6 heteroatoms. The van der Waals surface area contributed by atoms with Crippen LogP contribution in [0.1, 0.15) is 25.6 Å². The van der Waals surface area contributed by atoms with Crippen LogP contribution in [0.4, 0.5) is 4.39 Å². The zero-order valence-corrected chi connectivity index (χ0v) is 14.1. The molecule has 0 unspecified atom stereocenters. The summed E-state index contributed by atoms with van der Waals surface area (Å²) >= 11 is 1.39. The molecule has 0 fully saturated rings. The van der Waals surface area contributed by atoms with Crippen LogP contribution in [0.3, 0.4) is 0 Å². The van der Waals surface area contributed by atoms with Crippen LogP contribution in [-0.4, -0.2) is 19.0 Å². The minimum absolute atomic E-state index is 0.247. The molecule has 0 bridgehead atoms. The average molecular weight is 338 g/mol. The number of fused-ring (bicyclic) bond motifs is 1. The maximum absolute atomic E-state index is 13.2. The lowest BCUT2D eigenvalue weighted by molar-refractivity contribution is 0.628. The summed E-state index contributed by atoms with van der Waals surface area (Å²) in [5.41, 5.74) is 4.65. The van der Waals surface area contributed by atoms with Crippen molar-refractivity contribution >= 4 is 17.2 Å². The third kappa shape index (κ3) is 2.49. The molecule has 3 heterocycles. The second-order valence-corrected chi connectivity index (χ2v) is 6.57. The molecule has 0 aliphatic rings. The van der Waals surface area contributed by atoms with Gasteiger partial charge in [0.1, 0.15) is 11.6 Å². The Morgan fingerprint density at radius 2 is 1.75 bits per heavy atom. The van der Waals surface area contributed by atoms with Gasteiger partial charge in [-0.25, -0.2) is 4.39 Å². The molecule has 3 aromatic heterocycles. The van der Waals surface area contributed by atoms with E-state index in [9.17, 15) is 4.39 Å². The summed E-state index contributed by atoms with van der Waals surface area (Å²) in [4.78, 5) is 0. The second-order valence-electron chi connectivity index (χ2n) is 5.94. The molecule has 24 heavy (non-hydrogen) atoms. The number of benzene rings is 1. The van der Waals surface area contributed by atoms with Crippen LogP contribution >= 0.6 is 11.5 Å². The Morgan fingerprint density at radius 1 is 1.00 bits per heavy atom. The first kappa shape index (κ1) is 15.0. The first-order valence-corrected chi connectivity index (χ1v) is 8.52. The van der Waals surface area contributed by atoms with E-state index in [0.29, 0.717) is 0 Å². The molecule has 0 spiro atoms. The smallest absolute Gasteiger partial charge is 0.160 e. The van der Waals surface area contributed by atoms with Gasteiger partial charge in [-0.15, -0.1) is 10.2 Å². The highest BCUT2D eigenvalue weighted by Gasteiger charge is 2.14. The summed E-state index contributed by atoms with van der Waals surface area (Å²) in [5.74, 6) is 0.966. The monoisotopic (exact) mass is 338 g/mol.